The summed E-state index contributed by atoms with van der Waals surface area (Å²) in [5.41, 5.74) is 1.20. The van der Waals surface area contributed by atoms with Crippen molar-refractivity contribution < 1.29 is 4.79 Å². The summed E-state index contributed by atoms with van der Waals surface area (Å²) in [6, 6.07) is 14.4. The van der Waals surface area contributed by atoms with Crippen LogP contribution in [0.5, 0.6) is 0 Å². The Morgan fingerprint density at radius 3 is 2.56 bits per heavy atom. The number of amides is 1. The van der Waals surface area contributed by atoms with Crippen LogP contribution in [0.25, 0.3) is 0 Å². The van der Waals surface area contributed by atoms with Crippen molar-refractivity contribution >= 4 is 34.6 Å². The SMILES string of the molecule is O=C(CNC(=S)N(Cc1ccccc1)Cc1cccs1)N1CCCC1. The van der Waals surface area contributed by atoms with Gasteiger partial charge in [-0.3, -0.25) is 4.79 Å². The summed E-state index contributed by atoms with van der Waals surface area (Å²) in [6.45, 7) is 3.49. The van der Waals surface area contributed by atoms with Crippen molar-refractivity contribution in [3.63, 3.8) is 0 Å². The highest BCUT2D eigenvalue weighted by Crippen LogP contribution is 2.15. The number of thiophene rings is 1. The molecule has 2 aromatic rings. The number of likely N-dealkylation sites (tertiary alicyclic amines) is 1. The summed E-state index contributed by atoms with van der Waals surface area (Å²) in [7, 11) is 0. The fraction of sp³-hybridized carbons (Fsp3) is 0.368. The third-order valence-electron chi connectivity index (χ3n) is 4.28. The molecule has 1 N–H and O–H groups in total. The topological polar surface area (TPSA) is 35.6 Å². The lowest BCUT2D eigenvalue weighted by Crippen LogP contribution is -2.44. The molecule has 0 atom stereocenters. The molecule has 1 aromatic carbocycles. The molecule has 0 saturated carbocycles. The second kappa shape index (κ2) is 8.97. The minimum absolute atomic E-state index is 0.135. The van der Waals surface area contributed by atoms with Crippen LogP contribution in [0.3, 0.4) is 0 Å². The number of benzene rings is 1. The highest BCUT2D eigenvalue weighted by atomic mass is 32.1. The molecule has 2 heterocycles. The molecule has 0 radical (unpaired) electrons. The fourth-order valence-electron chi connectivity index (χ4n) is 2.94. The number of nitrogens with one attached hydrogen (secondary N) is 1. The van der Waals surface area contributed by atoms with E-state index in [4.69, 9.17) is 12.2 Å². The van der Waals surface area contributed by atoms with Gasteiger partial charge in [-0.25, -0.2) is 0 Å². The first-order chi connectivity index (χ1) is 12.2. The van der Waals surface area contributed by atoms with Gasteiger partial charge in [-0.15, -0.1) is 11.3 Å². The van der Waals surface area contributed by atoms with Crippen LogP contribution in [-0.4, -0.2) is 40.5 Å². The predicted octanol–water partition coefficient (Wildman–Crippen LogP) is 3.25. The molecule has 25 heavy (non-hydrogen) atoms. The van der Waals surface area contributed by atoms with Crippen molar-refractivity contribution in [2.75, 3.05) is 19.6 Å². The second-order valence-electron chi connectivity index (χ2n) is 6.17. The monoisotopic (exact) mass is 373 g/mol. The number of nitrogens with zero attached hydrogens (tertiary/aromatic N) is 2. The van der Waals surface area contributed by atoms with E-state index in [1.54, 1.807) is 11.3 Å². The van der Waals surface area contributed by atoms with E-state index in [-0.39, 0.29) is 12.5 Å². The Bertz CT molecular complexity index is 682. The minimum atomic E-state index is 0.135. The summed E-state index contributed by atoms with van der Waals surface area (Å²) in [6.07, 6.45) is 2.21. The van der Waals surface area contributed by atoms with Crippen LogP contribution in [0.4, 0.5) is 0 Å². The van der Waals surface area contributed by atoms with E-state index >= 15 is 0 Å². The Labute approximate surface area is 158 Å². The maximum Gasteiger partial charge on any atom is 0.241 e. The van der Waals surface area contributed by atoms with Crippen molar-refractivity contribution in [1.82, 2.24) is 15.1 Å². The van der Waals surface area contributed by atoms with Crippen molar-refractivity contribution in [3.8, 4) is 0 Å². The number of carbonyl (C=O) groups is 1. The van der Waals surface area contributed by atoms with Crippen LogP contribution in [0, 0.1) is 0 Å². The first-order valence-electron chi connectivity index (χ1n) is 8.59. The number of hydrogen-bond acceptors (Lipinski definition) is 3. The largest absolute Gasteiger partial charge is 0.353 e. The smallest absolute Gasteiger partial charge is 0.241 e. The quantitative estimate of drug-likeness (QED) is 0.789. The lowest BCUT2D eigenvalue weighted by atomic mass is 10.2. The molecule has 3 rings (SSSR count). The number of carbonyl (C=O) groups excluding carboxylic acids is 1. The molecule has 0 bridgehead atoms. The van der Waals surface area contributed by atoms with Gasteiger partial charge < -0.3 is 15.1 Å². The third-order valence-corrected chi connectivity index (χ3v) is 5.54. The molecule has 1 amide bonds. The molecule has 132 valence electrons. The van der Waals surface area contributed by atoms with Gasteiger partial charge in [-0.2, -0.15) is 0 Å². The van der Waals surface area contributed by atoms with E-state index in [1.807, 2.05) is 29.2 Å². The van der Waals surface area contributed by atoms with Crippen LogP contribution >= 0.6 is 23.6 Å². The third kappa shape index (κ3) is 5.28. The first kappa shape index (κ1) is 17.9. The van der Waals surface area contributed by atoms with E-state index in [1.165, 1.54) is 10.4 Å². The second-order valence-corrected chi connectivity index (χ2v) is 7.59. The highest BCUT2D eigenvalue weighted by Gasteiger charge is 2.19. The van der Waals surface area contributed by atoms with Crippen LogP contribution < -0.4 is 5.32 Å². The normalized spacial score (nSPS) is 13.7. The standard InChI is InChI=1S/C19H23N3OS2/c23-18(21-10-4-5-11-21)13-20-19(24)22(15-17-9-6-12-25-17)14-16-7-2-1-3-8-16/h1-3,6-9,12H,4-5,10-11,13-15H2,(H,20,24). The van der Waals surface area contributed by atoms with Gasteiger partial charge in [-0.05, 0) is 42.1 Å². The Hall–Kier alpha value is -1.92. The Morgan fingerprint density at radius 1 is 1.12 bits per heavy atom. The van der Waals surface area contributed by atoms with Crippen LogP contribution in [0.15, 0.2) is 47.8 Å². The Balaban J connectivity index is 1.60. The molecule has 1 aliphatic heterocycles. The van der Waals surface area contributed by atoms with E-state index < -0.39 is 0 Å². The van der Waals surface area contributed by atoms with Crippen LogP contribution in [-0.2, 0) is 17.9 Å². The molecule has 1 fully saturated rings. The summed E-state index contributed by atoms with van der Waals surface area (Å²) < 4.78 is 0. The molecule has 1 saturated heterocycles. The molecule has 6 heteroatoms. The minimum Gasteiger partial charge on any atom is -0.353 e. The van der Waals surface area contributed by atoms with Crippen LogP contribution in [0.1, 0.15) is 23.3 Å². The molecule has 0 unspecified atom stereocenters. The molecular formula is C19H23N3OS2. The van der Waals surface area contributed by atoms with Gasteiger partial charge in [0.1, 0.15) is 0 Å². The van der Waals surface area contributed by atoms with Crippen molar-refractivity contribution in [3.05, 3.63) is 58.3 Å². The van der Waals surface area contributed by atoms with E-state index in [9.17, 15) is 4.79 Å². The number of hydrogen-bond donors (Lipinski definition) is 1. The average Bonchev–Trinajstić information content (AvgIpc) is 3.33. The van der Waals surface area contributed by atoms with Gasteiger partial charge in [0.05, 0.1) is 13.1 Å². The van der Waals surface area contributed by atoms with Gasteiger partial charge in [0.15, 0.2) is 5.11 Å². The molecule has 4 nitrogen and oxygen atoms in total. The molecule has 1 aromatic heterocycles. The average molecular weight is 374 g/mol. The van der Waals surface area contributed by atoms with Crippen molar-refractivity contribution in [2.45, 2.75) is 25.9 Å². The number of rotatable bonds is 6. The zero-order valence-corrected chi connectivity index (χ0v) is 15.8. The van der Waals surface area contributed by atoms with Gasteiger partial charge >= 0.3 is 0 Å². The maximum atomic E-state index is 12.2. The predicted molar refractivity (Wildman–Crippen MR) is 106 cm³/mol. The van der Waals surface area contributed by atoms with E-state index in [0.29, 0.717) is 5.11 Å². The molecule has 1 aliphatic rings. The summed E-state index contributed by atoms with van der Waals surface area (Å²) in [5.74, 6) is 0.135. The van der Waals surface area contributed by atoms with Crippen LogP contribution in [0.2, 0.25) is 0 Å². The summed E-state index contributed by atoms with van der Waals surface area (Å²) >= 11 is 7.31. The van der Waals surface area contributed by atoms with Gasteiger partial charge in [0.2, 0.25) is 5.91 Å². The van der Waals surface area contributed by atoms with E-state index in [0.717, 1.165) is 39.0 Å². The lowest BCUT2D eigenvalue weighted by molar-refractivity contribution is -0.128. The maximum absolute atomic E-state index is 12.2. The number of thiocarbonyl (C=S) groups is 1. The Kier molecular flexibility index (Phi) is 6.42. The van der Waals surface area contributed by atoms with E-state index in [2.05, 4.69) is 33.8 Å². The van der Waals surface area contributed by atoms with Gasteiger partial charge in [0, 0.05) is 24.5 Å². The fourth-order valence-corrected chi connectivity index (χ4v) is 3.86. The van der Waals surface area contributed by atoms with Crippen molar-refractivity contribution in [1.29, 1.82) is 0 Å². The Morgan fingerprint density at radius 2 is 1.88 bits per heavy atom. The summed E-state index contributed by atoms with van der Waals surface area (Å²) in [4.78, 5) is 17.5. The molecule has 0 aliphatic carbocycles. The van der Waals surface area contributed by atoms with Gasteiger partial charge in [0.25, 0.3) is 0 Å². The van der Waals surface area contributed by atoms with Gasteiger partial charge in [-0.1, -0.05) is 36.4 Å². The molecular weight excluding hydrogens is 350 g/mol. The first-order valence-corrected chi connectivity index (χ1v) is 9.88. The molecule has 0 spiro atoms. The van der Waals surface area contributed by atoms with Crippen molar-refractivity contribution in [2.24, 2.45) is 0 Å². The lowest BCUT2D eigenvalue weighted by Gasteiger charge is -2.26. The highest BCUT2D eigenvalue weighted by molar-refractivity contribution is 7.80. The summed E-state index contributed by atoms with van der Waals surface area (Å²) in [5, 5.41) is 5.87. The zero-order chi connectivity index (χ0) is 17.5. The zero-order valence-electron chi connectivity index (χ0n) is 14.2.